The minimum absolute atomic E-state index is 0.111. The van der Waals surface area contributed by atoms with Gasteiger partial charge in [-0.15, -0.1) is 10.2 Å². The number of amides is 1. The van der Waals surface area contributed by atoms with Crippen LogP contribution in [0.2, 0.25) is 5.02 Å². The van der Waals surface area contributed by atoms with Crippen molar-refractivity contribution in [3.8, 4) is 5.75 Å². The zero-order valence-corrected chi connectivity index (χ0v) is 16.6. The Labute approximate surface area is 160 Å². The molecule has 0 saturated heterocycles. The van der Waals surface area contributed by atoms with Crippen molar-refractivity contribution in [2.24, 2.45) is 0 Å². The number of anilines is 1. The third-order valence-electron chi connectivity index (χ3n) is 3.89. The van der Waals surface area contributed by atoms with Crippen LogP contribution in [0, 0.1) is 6.92 Å². The van der Waals surface area contributed by atoms with Crippen molar-refractivity contribution in [3.05, 3.63) is 33.6 Å². The molecule has 3 aromatic rings. The Bertz CT molecular complexity index is 950. The Balaban J connectivity index is 1.67. The van der Waals surface area contributed by atoms with Gasteiger partial charge in [-0.05, 0) is 18.6 Å². The minimum Gasteiger partial charge on any atom is -0.495 e. The number of methoxy groups -OCH3 is 1. The van der Waals surface area contributed by atoms with Crippen LogP contribution >= 0.6 is 22.9 Å². The molecular weight excluding hydrogens is 374 g/mol. The third kappa shape index (κ3) is 3.81. The number of fused-ring (bicyclic) bond motifs is 1. The second-order valence-electron chi connectivity index (χ2n) is 6.25. The summed E-state index contributed by atoms with van der Waals surface area (Å²) in [7, 11) is 1.54. The van der Waals surface area contributed by atoms with Gasteiger partial charge >= 0.3 is 0 Å². The lowest BCUT2D eigenvalue weighted by molar-refractivity contribution is -0.116. The first-order chi connectivity index (χ1) is 12.4. The lowest BCUT2D eigenvalue weighted by atomic mass is 10.2. The number of benzene rings is 1. The van der Waals surface area contributed by atoms with E-state index >= 15 is 0 Å². The number of carbonyl (C=O) groups is 1. The molecule has 1 N–H and O–H groups in total. The molecule has 9 heteroatoms. The minimum atomic E-state index is -0.111. The van der Waals surface area contributed by atoms with Crippen molar-refractivity contribution >= 4 is 39.5 Å². The number of ether oxygens (including phenoxy) is 1. The molecule has 0 aliphatic carbocycles. The van der Waals surface area contributed by atoms with Crippen LogP contribution in [0.3, 0.4) is 0 Å². The molecule has 1 amide bonds. The van der Waals surface area contributed by atoms with E-state index in [1.54, 1.807) is 23.8 Å². The van der Waals surface area contributed by atoms with Gasteiger partial charge in [-0.1, -0.05) is 36.8 Å². The van der Waals surface area contributed by atoms with Gasteiger partial charge < -0.3 is 10.1 Å². The summed E-state index contributed by atoms with van der Waals surface area (Å²) in [6, 6.07) is 3.50. The predicted octanol–water partition coefficient (Wildman–Crippen LogP) is 3.85. The molecule has 0 radical (unpaired) electrons. The second-order valence-corrected chi connectivity index (χ2v) is 7.70. The van der Waals surface area contributed by atoms with Gasteiger partial charge in [0.25, 0.3) is 0 Å². The molecule has 0 bridgehead atoms. The average Bonchev–Trinajstić information content (AvgIpc) is 3.15. The molecule has 1 aromatic carbocycles. The van der Waals surface area contributed by atoms with Crippen molar-refractivity contribution < 1.29 is 9.53 Å². The summed E-state index contributed by atoms with van der Waals surface area (Å²) < 4.78 is 7.04. The molecule has 0 aliphatic rings. The summed E-state index contributed by atoms with van der Waals surface area (Å²) >= 11 is 7.54. The number of nitrogens with one attached hydrogen (secondary N) is 1. The van der Waals surface area contributed by atoms with Crippen molar-refractivity contribution in [2.45, 2.75) is 39.5 Å². The molecule has 2 aromatic heterocycles. The van der Waals surface area contributed by atoms with Gasteiger partial charge in [0.2, 0.25) is 10.9 Å². The number of rotatable bonds is 6. The van der Waals surface area contributed by atoms with E-state index in [0.29, 0.717) is 29.3 Å². The standard InChI is InChI=1S/C17H20ClN5O2S/c1-9(2)16-20-21-17-23(16)22-15(26-17)6-5-14(24)19-12-7-10(3)11(18)8-13(12)25-4/h7-9H,5-6H2,1-4H3,(H,19,24). The van der Waals surface area contributed by atoms with E-state index in [-0.39, 0.29) is 11.8 Å². The largest absolute Gasteiger partial charge is 0.495 e. The van der Waals surface area contributed by atoms with E-state index in [2.05, 4.69) is 20.6 Å². The molecule has 0 spiro atoms. The summed E-state index contributed by atoms with van der Waals surface area (Å²) in [6.45, 7) is 5.97. The van der Waals surface area contributed by atoms with Gasteiger partial charge in [0.15, 0.2) is 5.82 Å². The van der Waals surface area contributed by atoms with Crippen molar-refractivity contribution in [1.29, 1.82) is 0 Å². The van der Waals surface area contributed by atoms with E-state index in [9.17, 15) is 4.79 Å². The number of hydrogen-bond acceptors (Lipinski definition) is 6. The van der Waals surface area contributed by atoms with Crippen LogP contribution in [0.25, 0.3) is 4.96 Å². The fourth-order valence-electron chi connectivity index (χ4n) is 2.50. The number of halogens is 1. The molecular formula is C17H20ClN5O2S. The van der Waals surface area contributed by atoms with E-state index in [4.69, 9.17) is 16.3 Å². The van der Waals surface area contributed by atoms with Gasteiger partial charge in [0.05, 0.1) is 12.8 Å². The Hall–Kier alpha value is -2.19. The monoisotopic (exact) mass is 393 g/mol. The molecule has 0 fully saturated rings. The molecule has 138 valence electrons. The Morgan fingerprint density at radius 1 is 1.38 bits per heavy atom. The number of aryl methyl sites for hydroxylation is 2. The number of carbonyl (C=O) groups excluding carboxylic acids is 1. The predicted molar refractivity (Wildman–Crippen MR) is 102 cm³/mol. The number of nitrogens with zero attached hydrogens (tertiary/aromatic N) is 4. The van der Waals surface area contributed by atoms with E-state index in [1.165, 1.54) is 11.3 Å². The first-order valence-electron chi connectivity index (χ1n) is 8.24. The highest BCUT2D eigenvalue weighted by Gasteiger charge is 2.15. The summed E-state index contributed by atoms with van der Waals surface area (Å²) in [6.07, 6.45) is 0.845. The van der Waals surface area contributed by atoms with Gasteiger partial charge in [-0.3, -0.25) is 4.79 Å². The third-order valence-corrected chi connectivity index (χ3v) is 5.26. The van der Waals surface area contributed by atoms with E-state index in [0.717, 1.165) is 21.4 Å². The number of hydrogen-bond donors (Lipinski definition) is 1. The summed E-state index contributed by atoms with van der Waals surface area (Å²) in [5.74, 6) is 1.49. The molecule has 0 aliphatic heterocycles. The normalized spacial score (nSPS) is 11.3. The van der Waals surface area contributed by atoms with Crippen LogP contribution in [0.5, 0.6) is 5.75 Å². The van der Waals surface area contributed by atoms with Gasteiger partial charge in [-0.2, -0.15) is 9.61 Å². The van der Waals surface area contributed by atoms with Crippen molar-refractivity contribution in [1.82, 2.24) is 19.8 Å². The highest BCUT2D eigenvalue weighted by Crippen LogP contribution is 2.31. The second kappa shape index (κ2) is 7.59. The highest BCUT2D eigenvalue weighted by molar-refractivity contribution is 7.16. The zero-order chi connectivity index (χ0) is 18.8. The van der Waals surface area contributed by atoms with Gasteiger partial charge in [-0.25, -0.2) is 0 Å². The molecule has 7 nitrogen and oxygen atoms in total. The SMILES string of the molecule is COc1cc(Cl)c(C)cc1NC(=O)CCc1nn2c(C(C)C)nnc2s1. The fourth-order valence-corrected chi connectivity index (χ4v) is 3.49. The Kier molecular flexibility index (Phi) is 5.43. The van der Waals surface area contributed by atoms with Crippen LogP contribution in [0.15, 0.2) is 12.1 Å². The summed E-state index contributed by atoms with van der Waals surface area (Å²) in [5.41, 5.74) is 1.48. The van der Waals surface area contributed by atoms with Crippen LogP contribution < -0.4 is 10.1 Å². The Morgan fingerprint density at radius 3 is 2.85 bits per heavy atom. The summed E-state index contributed by atoms with van der Waals surface area (Å²) in [4.78, 5) is 13.1. The molecule has 0 unspecified atom stereocenters. The maximum Gasteiger partial charge on any atom is 0.234 e. The fraction of sp³-hybridized carbons (Fsp3) is 0.412. The molecule has 3 rings (SSSR count). The van der Waals surface area contributed by atoms with Crippen LogP contribution in [0.4, 0.5) is 5.69 Å². The number of aromatic nitrogens is 4. The lowest BCUT2D eigenvalue weighted by Gasteiger charge is -2.12. The van der Waals surface area contributed by atoms with Crippen LogP contribution in [0.1, 0.15) is 42.6 Å². The van der Waals surface area contributed by atoms with Gasteiger partial charge in [0.1, 0.15) is 10.8 Å². The smallest absolute Gasteiger partial charge is 0.234 e. The first kappa shape index (κ1) is 18.6. The highest BCUT2D eigenvalue weighted by atomic mass is 35.5. The topological polar surface area (TPSA) is 81.4 Å². The molecule has 0 saturated carbocycles. The maximum absolute atomic E-state index is 12.3. The lowest BCUT2D eigenvalue weighted by Crippen LogP contribution is -2.13. The molecule has 2 heterocycles. The van der Waals surface area contributed by atoms with Crippen molar-refractivity contribution in [3.63, 3.8) is 0 Å². The molecule has 0 atom stereocenters. The summed E-state index contributed by atoms with van der Waals surface area (Å²) in [5, 5.41) is 17.1. The van der Waals surface area contributed by atoms with E-state index < -0.39 is 0 Å². The zero-order valence-electron chi connectivity index (χ0n) is 15.0. The Morgan fingerprint density at radius 2 is 2.15 bits per heavy atom. The van der Waals surface area contributed by atoms with Crippen LogP contribution in [-0.2, 0) is 11.2 Å². The van der Waals surface area contributed by atoms with Crippen LogP contribution in [-0.4, -0.2) is 32.8 Å². The maximum atomic E-state index is 12.3. The van der Waals surface area contributed by atoms with E-state index in [1.807, 2.05) is 20.8 Å². The average molecular weight is 394 g/mol. The first-order valence-corrected chi connectivity index (χ1v) is 9.43. The quantitative estimate of drug-likeness (QED) is 0.687. The van der Waals surface area contributed by atoms with Crippen molar-refractivity contribution in [2.75, 3.05) is 12.4 Å². The molecule has 26 heavy (non-hydrogen) atoms. The van der Waals surface area contributed by atoms with Gasteiger partial charge in [0, 0.05) is 29.8 Å².